The molecule has 0 aromatic carbocycles. The van der Waals surface area contributed by atoms with Crippen molar-refractivity contribution in [3.63, 3.8) is 0 Å². The lowest BCUT2D eigenvalue weighted by molar-refractivity contribution is -0.868. The zero-order valence-electron chi connectivity index (χ0n) is 9.41. The average Bonchev–Trinajstić information content (AvgIpc) is 1.63. The molecular weight excluding hydrogens is 284 g/mol. The first-order chi connectivity index (χ1) is 4.29. The molecule has 0 bridgehead atoms. The number of nitrogens with one attached hydrogen (secondary N) is 1. The Kier molecular flexibility index (Phi) is 22.8. The molecule has 0 heterocycles. The standard InChI is InChI=1S/C5H14N.C3H9N.2BrH/c1-5-6(2,3)4;1-4(2)3;;/h5H2,1-4H3;1-3H3;2*1H/q+1;;;/p-1. The molecule has 0 aromatic rings. The highest BCUT2D eigenvalue weighted by atomic mass is 79.9. The predicted molar refractivity (Wildman–Crippen MR) is 47.3 cm³/mol. The molecule has 0 aromatic heterocycles. The lowest BCUT2D eigenvalue weighted by atomic mass is 10.6. The number of halogens is 2. The zero-order chi connectivity index (χ0) is 8.78. The average molecular weight is 308 g/mol. The summed E-state index contributed by atoms with van der Waals surface area (Å²) in [6.07, 6.45) is 0. The van der Waals surface area contributed by atoms with E-state index < -0.39 is 0 Å². The molecule has 0 radical (unpaired) electrons. The molecule has 1 N–H and O–H groups in total. The van der Waals surface area contributed by atoms with Crippen LogP contribution in [0.1, 0.15) is 6.92 Å². The van der Waals surface area contributed by atoms with Crippen LogP contribution in [-0.4, -0.2) is 53.3 Å². The molecule has 0 unspecified atom stereocenters. The highest BCUT2D eigenvalue weighted by Crippen LogP contribution is 1.83. The Morgan fingerprint density at radius 3 is 1.00 bits per heavy atom. The maximum Gasteiger partial charge on any atom is 0.0751 e. The van der Waals surface area contributed by atoms with E-state index in [4.69, 9.17) is 0 Å². The number of nitrogens with zero attached hydrogens (tertiary/aromatic N) is 1. The summed E-state index contributed by atoms with van der Waals surface area (Å²) in [7, 11) is 12.8. The van der Waals surface area contributed by atoms with E-state index >= 15 is 0 Å². The van der Waals surface area contributed by atoms with Gasteiger partial charge in [-0.25, -0.2) is 0 Å². The van der Waals surface area contributed by atoms with Crippen LogP contribution in [-0.2, 0) is 0 Å². The summed E-state index contributed by atoms with van der Waals surface area (Å²) in [5.41, 5.74) is 0. The van der Waals surface area contributed by atoms with Gasteiger partial charge in [-0.2, -0.15) is 0 Å². The van der Waals surface area contributed by atoms with Crippen molar-refractivity contribution in [2.75, 3.05) is 48.8 Å². The second-order valence-corrected chi connectivity index (χ2v) is 4.11. The van der Waals surface area contributed by atoms with Gasteiger partial charge in [0.05, 0.1) is 48.8 Å². The van der Waals surface area contributed by atoms with Crippen molar-refractivity contribution in [2.24, 2.45) is 0 Å². The molecule has 0 saturated carbocycles. The first kappa shape index (κ1) is 23.1. The van der Waals surface area contributed by atoms with Crippen LogP contribution in [0.3, 0.4) is 0 Å². The lowest BCUT2D eigenvalue weighted by Gasteiger charge is -2.20. The molecule has 0 atom stereocenters. The van der Waals surface area contributed by atoms with Gasteiger partial charge in [0.2, 0.25) is 0 Å². The highest BCUT2D eigenvalue weighted by molar-refractivity contribution is 4.06. The molecule has 0 aliphatic heterocycles. The first-order valence-corrected chi connectivity index (χ1v) is 3.86. The van der Waals surface area contributed by atoms with Gasteiger partial charge in [-0.3, -0.25) is 0 Å². The maximum atomic E-state index is 2.18. The molecule has 12 heavy (non-hydrogen) atoms. The zero-order valence-corrected chi connectivity index (χ0v) is 12.6. The summed E-state index contributed by atoms with van der Waals surface area (Å²) in [4.78, 5) is 1.42. The molecule has 0 spiro atoms. The predicted octanol–water partition coefficient (Wildman–Crippen LogP) is -6.52. The molecule has 0 aliphatic rings. The van der Waals surface area contributed by atoms with Gasteiger partial charge in [0.25, 0.3) is 0 Å². The monoisotopic (exact) mass is 306 g/mol. The Labute approximate surface area is 99.1 Å². The van der Waals surface area contributed by atoms with E-state index in [1.165, 1.54) is 11.4 Å². The van der Waals surface area contributed by atoms with Gasteiger partial charge in [0.1, 0.15) is 0 Å². The minimum absolute atomic E-state index is 0. The van der Waals surface area contributed by atoms with Crippen molar-refractivity contribution in [2.45, 2.75) is 6.92 Å². The summed E-state index contributed by atoms with van der Waals surface area (Å²) in [6.45, 7) is 3.39. The van der Waals surface area contributed by atoms with E-state index in [1.807, 2.05) is 0 Å². The van der Waals surface area contributed by atoms with Crippen molar-refractivity contribution >= 4 is 0 Å². The third-order valence-electron chi connectivity index (χ3n) is 0.949. The Balaban J connectivity index is -0.0000000483. The van der Waals surface area contributed by atoms with Crippen LogP contribution in [0.25, 0.3) is 0 Å². The van der Waals surface area contributed by atoms with Gasteiger partial charge >= 0.3 is 0 Å². The highest BCUT2D eigenvalue weighted by Gasteiger charge is 1.97. The molecule has 0 amide bonds. The van der Waals surface area contributed by atoms with Crippen LogP contribution in [0.2, 0.25) is 0 Å². The second-order valence-electron chi connectivity index (χ2n) is 4.11. The molecular formula is C8H24Br2N2. The topological polar surface area (TPSA) is 4.44 Å². The van der Waals surface area contributed by atoms with Crippen LogP contribution in [0.15, 0.2) is 0 Å². The Morgan fingerprint density at radius 1 is 0.917 bits per heavy atom. The summed E-state index contributed by atoms with van der Waals surface area (Å²) in [5, 5.41) is 0. The fourth-order valence-corrected chi connectivity index (χ4v) is 0. The van der Waals surface area contributed by atoms with Gasteiger partial charge < -0.3 is 43.3 Å². The van der Waals surface area contributed by atoms with Crippen molar-refractivity contribution in [1.82, 2.24) is 0 Å². The third-order valence-corrected chi connectivity index (χ3v) is 0.949. The van der Waals surface area contributed by atoms with E-state index in [-0.39, 0.29) is 34.0 Å². The van der Waals surface area contributed by atoms with Crippen LogP contribution < -0.4 is 38.9 Å². The summed E-state index contributed by atoms with van der Waals surface area (Å²) >= 11 is 0. The van der Waals surface area contributed by atoms with Gasteiger partial charge in [0.15, 0.2) is 0 Å². The fraction of sp³-hybridized carbons (Fsp3) is 1.00. The second kappa shape index (κ2) is 11.9. The van der Waals surface area contributed by atoms with Crippen LogP contribution in [0, 0.1) is 0 Å². The van der Waals surface area contributed by atoms with Crippen molar-refractivity contribution in [3.05, 3.63) is 0 Å². The Hall–Kier alpha value is 0.880. The van der Waals surface area contributed by atoms with Crippen LogP contribution in [0.4, 0.5) is 0 Å². The van der Waals surface area contributed by atoms with Crippen LogP contribution >= 0.6 is 0 Å². The summed E-state index contributed by atoms with van der Waals surface area (Å²) < 4.78 is 1.07. The van der Waals surface area contributed by atoms with Gasteiger partial charge in [-0.05, 0) is 6.92 Å². The van der Waals surface area contributed by atoms with Crippen molar-refractivity contribution in [1.29, 1.82) is 0 Å². The van der Waals surface area contributed by atoms with E-state index in [0.717, 1.165) is 4.48 Å². The minimum atomic E-state index is 0. The largest absolute Gasteiger partial charge is 1.00 e. The third kappa shape index (κ3) is 70.5. The number of hydrogen-bond donors (Lipinski definition) is 1. The van der Waals surface area contributed by atoms with E-state index in [1.54, 1.807) is 0 Å². The SMILES string of the molecule is CC[N+](C)(C)C.C[NH+](C)C.[Br-].[Br-]. The quantitative estimate of drug-likeness (QED) is 0.460. The summed E-state index contributed by atoms with van der Waals surface area (Å²) in [5.74, 6) is 0. The van der Waals surface area contributed by atoms with E-state index in [9.17, 15) is 0 Å². The molecule has 80 valence electrons. The first-order valence-electron chi connectivity index (χ1n) is 3.86. The van der Waals surface area contributed by atoms with Gasteiger partial charge in [-0.1, -0.05) is 0 Å². The number of quaternary nitrogens is 2. The minimum Gasteiger partial charge on any atom is -1.00 e. The summed E-state index contributed by atoms with van der Waals surface area (Å²) in [6, 6.07) is 0. The van der Waals surface area contributed by atoms with Crippen LogP contribution in [0.5, 0.6) is 0 Å². The van der Waals surface area contributed by atoms with Crippen molar-refractivity contribution < 1.29 is 43.3 Å². The lowest BCUT2D eigenvalue weighted by Crippen LogP contribution is -3.02. The molecule has 0 fully saturated rings. The number of hydrogen-bond acceptors (Lipinski definition) is 0. The molecule has 0 aliphatic carbocycles. The normalized spacial score (nSPS) is 9.00. The molecule has 0 saturated heterocycles. The fourth-order valence-electron chi connectivity index (χ4n) is 0. The van der Waals surface area contributed by atoms with Gasteiger partial charge in [0, 0.05) is 0 Å². The van der Waals surface area contributed by atoms with Gasteiger partial charge in [-0.15, -0.1) is 0 Å². The Bertz CT molecular complexity index is 67.2. The molecule has 4 heteroatoms. The van der Waals surface area contributed by atoms with Crippen molar-refractivity contribution in [3.8, 4) is 0 Å². The van der Waals surface area contributed by atoms with E-state index in [2.05, 4.69) is 49.2 Å². The smallest absolute Gasteiger partial charge is 0.0751 e. The molecule has 0 rings (SSSR count). The Morgan fingerprint density at radius 2 is 1.00 bits per heavy atom. The van der Waals surface area contributed by atoms with E-state index in [0.29, 0.717) is 0 Å². The maximum absolute atomic E-state index is 2.18. The number of rotatable bonds is 1. The molecule has 2 nitrogen and oxygen atoms in total.